The summed E-state index contributed by atoms with van der Waals surface area (Å²) in [5.41, 5.74) is 6.20. The van der Waals surface area contributed by atoms with Gasteiger partial charge >= 0.3 is 0 Å². The van der Waals surface area contributed by atoms with E-state index in [4.69, 9.17) is 5.73 Å². The van der Waals surface area contributed by atoms with Crippen LogP contribution in [0.5, 0.6) is 0 Å². The molecule has 1 aromatic rings. The molecule has 0 saturated carbocycles. The third-order valence-electron chi connectivity index (χ3n) is 3.94. The van der Waals surface area contributed by atoms with Gasteiger partial charge in [0.1, 0.15) is 5.82 Å². The second-order valence-electron chi connectivity index (χ2n) is 6.16. The lowest BCUT2D eigenvalue weighted by molar-refractivity contribution is 0.0626. The smallest absolute Gasteiger partial charge is 0.256 e. The molecule has 0 unspecified atom stereocenters. The summed E-state index contributed by atoms with van der Waals surface area (Å²) in [5, 5.41) is 0. The van der Waals surface area contributed by atoms with Crippen LogP contribution in [0.25, 0.3) is 0 Å². The van der Waals surface area contributed by atoms with Gasteiger partial charge in [0, 0.05) is 18.7 Å². The number of rotatable bonds is 1. The van der Waals surface area contributed by atoms with Crippen molar-refractivity contribution in [2.75, 3.05) is 19.6 Å². The van der Waals surface area contributed by atoms with Crippen LogP contribution in [0.2, 0.25) is 0 Å². The number of hydrogen-bond donors (Lipinski definition) is 1. The molecule has 0 spiro atoms. The third kappa shape index (κ3) is 3.83. The van der Waals surface area contributed by atoms with Crippen molar-refractivity contribution in [1.82, 2.24) is 4.90 Å². The van der Waals surface area contributed by atoms with E-state index in [1.54, 1.807) is 11.0 Å². The van der Waals surface area contributed by atoms with Crippen molar-refractivity contribution >= 4 is 5.91 Å². The first kappa shape index (κ1) is 15.5. The van der Waals surface area contributed by atoms with Crippen LogP contribution < -0.4 is 5.73 Å². The van der Waals surface area contributed by atoms with Gasteiger partial charge in [-0.3, -0.25) is 4.79 Å². The highest BCUT2D eigenvalue weighted by molar-refractivity contribution is 5.94. The van der Waals surface area contributed by atoms with Gasteiger partial charge < -0.3 is 10.6 Å². The van der Waals surface area contributed by atoms with Gasteiger partial charge in [-0.1, -0.05) is 25.7 Å². The first-order chi connectivity index (χ1) is 9.93. The highest BCUT2D eigenvalue weighted by Crippen LogP contribution is 2.30. The summed E-state index contributed by atoms with van der Waals surface area (Å²) in [6.07, 6.45) is 1.89. The Hall–Kier alpha value is -1.86. The molecule has 2 N–H and O–H groups in total. The molecule has 0 aromatic heterocycles. The van der Waals surface area contributed by atoms with Crippen molar-refractivity contribution in [2.24, 2.45) is 11.1 Å². The SMILES string of the molecule is CC1(C)CCN(C(=O)c2ccc(C#CCN)cc2F)CC1. The predicted molar refractivity (Wildman–Crippen MR) is 81.3 cm³/mol. The summed E-state index contributed by atoms with van der Waals surface area (Å²) in [5.74, 6) is 4.68. The van der Waals surface area contributed by atoms with E-state index in [1.165, 1.54) is 12.1 Å². The molecule has 0 aliphatic carbocycles. The van der Waals surface area contributed by atoms with Crippen LogP contribution in [0.15, 0.2) is 18.2 Å². The maximum absolute atomic E-state index is 14.1. The zero-order valence-electron chi connectivity index (χ0n) is 12.6. The Morgan fingerprint density at radius 3 is 2.62 bits per heavy atom. The molecule has 4 heteroatoms. The van der Waals surface area contributed by atoms with Gasteiger partial charge in [0.2, 0.25) is 0 Å². The molecule has 21 heavy (non-hydrogen) atoms. The number of carbonyl (C=O) groups is 1. The average molecular weight is 288 g/mol. The zero-order chi connectivity index (χ0) is 15.5. The van der Waals surface area contributed by atoms with E-state index >= 15 is 0 Å². The first-order valence-corrected chi connectivity index (χ1v) is 7.21. The number of likely N-dealkylation sites (tertiary alicyclic amines) is 1. The van der Waals surface area contributed by atoms with E-state index in [2.05, 4.69) is 25.7 Å². The van der Waals surface area contributed by atoms with Gasteiger partial charge in [0.15, 0.2) is 0 Å². The minimum absolute atomic E-state index is 0.119. The Bertz CT molecular complexity index is 589. The Labute approximate surface area is 125 Å². The minimum atomic E-state index is -0.520. The fourth-order valence-electron chi connectivity index (χ4n) is 2.40. The number of nitrogens with zero attached hydrogens (tertiary/aromatic N) is 1. The Balaban J connectivity index is 2.13. The normalized spacial score (nSPS) is 17.0. The van der Waals surface area contributed by atoms with Gasteiger partial charge in [-0.15, -0.1) is 0 Å². The van der Waals surface area contributed by atoms with Crippen LogP contribution in [0.1, 0.15) is 42.6 Å². The van der Waals surface area contributed by atoms with Crippen molar-refractivity contribution in [1.29, 1.82) is 0 Å². The minimum Gasteiger partial charge on any atom is -0.339 e. The van der Waals surface area contributed by atoms with E-state index in [-0.39, 0.29) is 23.4 Å². The van der Waals surface area contributed by atoms with E-state index in [1.807, 2.05) is 0 Å². The lowest BCUT2D eigenvalue weighted by Gasteiger charge is -2.37. The van der Waals surface area contributed by atoms with Crippen molar-refractivity contribution < 1.29 is 9.18 Å². The molecule has 1 heterocycles. The van der Waals surface area contributed by atoms with Crippen LogP contribution in [0.4, 0.5) is 4.39 Å². The third-order valence-corrected chi connectivity index (χ3v) is 3.94. The standard InChI is InChI=1S/C17H21FN2O/c1-17(2)7-10-20(11-8-17)16(21)14-6-5-13(4-3-9-19)12-15(14)18/h5-6,12H,7-11,19H2,1-2H3. The Morgan fingerprint density at radius 2 is 2.05 bits per heavy atom. The number of hydrogen-bond acceptors (Lipinski definition) is 2. The van der Waals surface area contributed by atoms with Crippen molar-refractivity contribution in [3.05, 3.63) is 35.1 Å². The Kier molecular flexibility index (Phi) is 4.64. The van der Waals surface area contributed by atoms with E-state index in [0.717, 1.165) is 12.8 Å². The highest BCUT2D eigenvalue weighted by Gasteiger charge is 2.29. The fraction of sp³-hybridized carbons (Fsp3) is 0.471. The van der Waals surface area contributed by atoms with Crippen LogP contribution in [-0.4, -0.2) is 30.4 Å². The first-order valence-electron chi connectivity index (χ1n) is 7.21. The molecular weight excluding hydrogens is 267 g/mol. The average Bonchev–Trinajstić information content (AvgIpc) is 2.44. The largest absolute Gasteiger partial charge is 0.339 e. The maximum atomic E-state index is 14.1. The second kappa shape index (κ2) is 6.28. The number of halogens is 1. The monoisotopic (exact) mass is 288 g/mol. The zero-order valence-corrected chi connectivity index (χ0v) is 12.6. The molecule has 1 saturated heterocycles. The Morgan fingerprint density at radius 1 is 1.38 bits per heavy atom. The van der Waals surface area contributed by atoms with Crippen LogP contribution in [0.3, 0.4) is 0 Å². The molecule has 2 rings (SSSR count). The topological polar surface area (TPSA) is 46.3 Å². The number of amides is 1. The molecule has 1 aromatic carbocycles. The molecule has 1 amide bonds. The van der Waals surface area contributed by atoms with Gasteiger partial charge in [-0.25, -0.2) is 4.39 Å². The summed E-state index contributed by atoms with van der Waals surface area (Å²) in [6, 6.07) is 4.47. The van der Waals surface area contributed by atoms with E-state index in [0.29, 0.717) is 18.7 Å². The lowest BCUT2D eigenvalue weighted by atomic mass is 9.82. The summed E-state index contributed by atoms with van der Waals surface area (Å²) in [4.78, 5) is 14.1. The van der Waals surface area contributed by atoms with Crippen molar-refractivity contribution in [2.45, 2.75) is 26.7 Å². The van der Waals surface area contributed by atoms with Crippen LogP contribution >= 0.6 is 0 Å². The molecule has 0 radical (unpaired) electrons. The number of nitrogens with two attached hydrogens (primary N) is 1. The number of benzene rings is 1. The predicted octanol–water partition coefficient (Wildman–Crippen LogP) is 2.40. The molecule has 0 atom stereocenters. The number of piperidine rings is 1. The lowest BCUT2D eigenvalue weighted by Crippen LogP contribution is -2.41. The molecule has 3 nitrogen and oxygen atoms in total. The van der Waals surface area contributed by atoms with E-state index in [9.17, 15) is 9.18 Å². The van der Waals surface area contributed by atoms with Gasteiger partial charge in [0.25, 0.3) is 5.91 Å². The molecule has 112 valence electrons. The number of carbonyl (C=O) groups excluding carboxylic acids is 1. The highest BCUT2D eigenvalue weighted by atomic mass is 19.1. The summed E-state index contributed by atoms with van der Waals surface area (Å²) in [6.45, 7) is 5.98. The quantitative estimate of drug-likeness (QED) is 0.807. The molecular formula is C17H21FN2O. The van der Waals surface area contributed by atoms with Crippen molar-refractivity contribution in [3.63, 3.8) is 0 Å². The second-order valence-corrected chi connectivity index (χ2v) is 6.16. The molecule has 0 bridgehead atoms. The van der Waals surface area contributed by atoms with Crippen LogP contribution in [0, 0.1) is 23.1 Å². The van der Waals surface area contributed by atoms with Crippen LogP contribution in [-0.2, 0) is 0 Å². The maximum Gasteiger partial charge on any atom is 0.256 e. The summed E-state index contributed by atoms with van der Waals surface area (Å²) >= 11 is 0. The van der Waals surface area contributed by atoms with E-state index < -0.39 is 5.82 Å². The summed E-state index contributed by atoms with van der Waals surface area (Å²) < 4.78 is 14.1. The fourth-order valence-corrected chi connectivity index (χ4v) is 2.40. The molecule has 1 aliphatic rings. The van der Waals surface area contributed by atoms with Gasteiger partial charge in [0.05, 0.1) is 12.1 Å². The molecule has 1 fully saturated rings. The summed E-state index contributed by atoms with van der Waals surface area (Å²) in [7, 11) is 0. The van der Waals surface area contributed by atoms with Crippen molar-refractivity contribution in [3.8, 4) is 11.8 Å². The molecule has 1 aliphatic heterocycles. The van der Waals surface area contributed by atoms with Gasteiger partial charge in [-0.05, 0) is 36.5 Å². The van der Waals surface area contributed by atoms with Gasteiger partial charge in [-0.2, -0.15) is 0 Å².